The van der Waals surface area contributed by atoms with E-state index in [4.69, 9.17) is 0 Å². The van der Waals surface area contributed by atoms with Gasteiger partial charge in [0.1, 0.15) is 12.2 Å². The molecule has 0 atom stereocenters. The lowest BCUT2D eigenvalue weighted by Crippen LogP contribution is -2.21. The monoisotopic (exact) mass is 256 g/mol. The summed E-state index contributed by atoms with van der Waals surface area (Å²) in [7, 11) is 0. The van der Waals surface area contributed by atoms with E-state index >= 15 is 0 Å². The second-order valence-electron chi connectivity index (χ2n) is 2.76. The number of nitro groups is 1. The number of aromatic nitrogens is 1. The molecule has 1 aromatic heterocycles. The minimum Gasteiger partial charge on any atom is -0.370 e. The zero-order valence-corrected chi connectivity index (χ0v) is 7.88. The predicted molar refractivity (Wildman–Crippen MR) is 45.2 cm³/mol. The van der Waals surface area contributed by atoms with Crippen molar-refractivity contribution in [1.29, 1.82) is 0 Å². The van der Waals surface area contributed by atoms with E-state index in [0.717, 1.165) is 0 Å². The van der Waals surface area contributed by atoms with Crippen LogP contribution < -0.4 is 10.2 Å². The van der Waals surface area contributed by atoms with E-state index in [1.54, 1.807) is 4.98 Å². The summed E-state index contributed by atoms with van der Waals surface area (Å²) in [5, 5.41) is 10.4. The lowest BCUT2D eigenvalue weighted by atomic mass is 10.2. The molecular formula is C7H4F4N2O4. The molecule has 0 saturated carbocycles. The molecule has 0 aliphatic rings. The molecule has 0 radical (unpaired) electrons. The number of halogens is 4. The molecule has 17 heavy (non-hydrogen) atoms. The topological polar surface area (TPSA) is 85.2 Å². The molecule has 0 fully saturated rings. The van der Waals surface area contributed by atoms with Crippen LogP contribution in [0.5, 0.6) is 5.88 Å². The van der Waals surface area contributed by atoms with Crippen LogP contribution in [-0.2, 0) is 6.67 Å². The highest BCUT2D eigenvalue weighted by Crippen LogP contribution is 2.23. The zero-order chi connectivity index (χ0) is 13.2. The highest BCUT2D eigenvalue weighted by atomic mass is 19.4. The predicted octanol–water partition coefficient (Wildman–Crippen LogP) is 1.65. The van der Waals surface area contributed by atoms with Crippen LogP contribution in [0.3, 0.4) is 0 Å². The normalized spacial score (nSPS) is 11.3. The van der Waals surface area contributed by atoms with Gasteiger partial charge in [0.25, 0.3) is 5.88 Å². The summed E-state index contributed by atoms with van der Waals surface area (Å²) < 4.78 is 51.0. The van der Waals surface area contributed by atoms with Crippen molar-refractivity contribution < 1.29 is 27.2 Å². The number of nitrogens with one attached hydrogen (secondary N) is 1. The Morgan fingerprint density at radius 3 is 2.47 bits per heavy atom. The zero-order valence-electron chi connectivity index (χ0n) is 7.88. The Labute approximate surface area is 90.0 Å². The van der Waals surface area contributed by atoms with Gasteiger partial charge in [0, 0.05) is 0 Å². The molecule has 1 rings (SSSR count). The van der Waals surface area contributed by atoms with Gasteiger partial charge in [0.2, 0.25) is 5.43 Å². The fourth-order valence-corrected chi connectivity index (χ4v) is 1.02. The van der Waals surface area contributed by atoms with Crippen molar-refractivity contribution in [3.8, 4) is 5.88 Å². The number of alkyl halides is 4. The fraction of sp³-hybridized carbons (Fsp3) is 0.286. The molecule has 0 aromatic carbocycles. The minimum atomic E-state index is -5.12. The Bertz CT molecular complexity index is 496. The molecule has 94 valence electrons. The third-order valence-electron chi connectivity index (χ3n) is 1.63. The van der Waals surface area contributed by atoms with Gasteiger partial charge < -0.3 is 14.9 Å². The van der Waals surface area contributed by atoms with Gasteiger partial charge in [-0.3, -0.25) is 4.79 Å². The largest absolute Gasteiger partial charge is 0.575 e. The summed E-state index contributed by atoms with van der Waals surface area (Å²) in [4.78, 5) is 21.8. The number of hydrogen-bond donors (Lipinski definition) is 1. The Hall–Kier alpha value is -2.13. The molecule has 0 spiro atoms. The second kappa shape index (κ2) is 4.39. The van der Waals surface area contributed by atoms with E-state index in [0.29, 0.717) is 0 Å². The van der Waals surface area contributed by atoms with Crippen LogP contribution in [0.2, 0.25) is 0 Å². The van der Waals surface area contributed by atoms with Crippen LogP contribution >= 0.6 is 0 Å². The van der Waals surface area contributed by atoms with Gasteiger partial charge in [0.05, 0.1) is 6.07 Å². The third kappa shape index (κ3) is 3.16. The third-order valence-corrected chi connectivity index (χ3v) is 1.63. The molecule has 1 aromatic rings. The average Bonchev–Trinajstić information content (AvgIpc) is 2.13. The first-order valence-electron chi connectivity index (χ1n) is 3.97. The number of ether oxygens (including phenoxy) is 1. The quantitative estimate of drug-likeness (QED) is 0.506. The molecule has 0 unspecified atom stereocenters. The Balaban J connectivity index is 3.30. The van der Waals surface area contributed by atoms with Gasteiger partial charge in [-0.25, -0.2) is 9.37 Å². The van der Waals surface area contributed by atoms with E-state index in [1.807, 2.05) is 0 Å². The van der Waals surface area contributed by atoms with Crippen molar-refractivity contribution >= 4 is 5.82 Å². The first-order chi connectivity index (χ1) is 7.74. The minimum absolute atomic E-state index is 0.287. The van der Waals surface area contributed by atoms with Crippen molar-refractivity contribution in [2.24, 2.45) is 0 Å². The van der Waals surface area contributed by atoms with Gasteiger partial charge in [-0.05, 0) is 4.92 Å². The Morgan fingerprint density at radius 2 is 2.06 bits per heavy atom. The number of hydrogen-bond acceptors (Lipinski definition) is 4. The molecule has 0 saturated heterocycles. The maximum Gasteiger partial charge on any atom is 0.575 e. The van der Waals surface area contributed by atoms with Gasteiger partial charge in [-0.2, -0.15) is 0 Å². The standard InChI is InChI=1S/C7H4F4N2O4/c8-2-3-4(14)1-5(17-7(9,10)11)12-6(3)13(15)16/h1H,2H2,(H,12,14). The highest BCUT2D eigenvalue weighted by molar-refractivity contribution is 5.35. The molecule has 10 heteroatoms. The van der Waals surface area contributed by atoms with Gasteiger partial charge in [0.15, 0.2) is 0 Å². The van der Waals surface area contributed by atoms with Crippen LogP contribution in [0, 0.1) is 10.1 Å². The van der Waals surface area contributed by atoms with Crippen molar-refractivity contribution in [3.63, 3.8) is 0 Å². The van der Waals surface area contributed by atoms with Gasteiger partial charge in [-0.1, -0.05) is 0 Å². The smallest absolute Gasteiger partial charge is 0.370 e. The van der Waals surface area contributed by atoms with Gasteiger partial charge >= 0.3 is 12.2 Å². The molecule has 0 bridgehead atoms. The molecule has 1 heterocycles. The average molecular weight is 256 g/mol. The van der Waals surface area contributed by atoms with Crippen LogP contribution in [-0.4, -0.2) is 16.3 Å². The van der Waals surface area contributed by atoms with Crippen molar-refractivity contribution in [3.05, 3.63) is 32.0 Å². The maximum atomic E-state index is 12.3. The van der Waals surface area contributed by atoms with Crippen LogP contribution in [0.25, 0.3) is 0 Å². The van der Waals surface area contributed by atoms with Crippen LogP contribution in [0.4, 0.5) is 23.4 Å². The van der Waals surface area contributed by atoms with Crippen molar-refractivity contribution in [2.75, 3.05) is 0 Å². The first-order valence-corrected chi connectivity index (χ1v) is 3.97. The van der Waals surface area contributed by atoms with Crippen molar-refractivity contribution in [1.82, 2.24) is 4.98 Å². The summed E-state index contributed by atoms with van der Waals surface area (Å²) in [5.74, 6) is -2.34. The van der Waals surface area contributed by atoms with Crippen LogP contribution in [0.1, 0.15) is 5.56 Å². The number of aromatic amines is 1. The van der Waals surface area contributed by atoms with Gasteiger partial charge in [-0.15, -0.1) is 13.2 Å². The SMILES string of the molecule is O=c1cc(OC(F)(F)F)[nH]c([N+](=O)[O-])c1CF. The Kier molecular flexibility index (Phi) is 3.34. The summed E-state index contributed by atoms with van der Waals surface area (Å²) in [6, 6.07) is 0.287. The van der Waals surface area contributed by atoms with Crippen molar-refractivity contribution in [2.45, 2.75) is 13.0 Å². The van der Waals surface area contributed by atoms with Crippen LogP contribution in [0.15, 0.2) is 10.9 Å². The molecule has 0 aliphatic carbocycles. The van der Waals surface area contributed by atoms with E-state index in [2.05, 4.69) is 4.74 Å². The number of rotatable bonds is 3. The molecule has 6 nitrogen and oxygen atoms in total. The fourth-order valence-electron chi connectivity index (χ4n) is 1.02. The summed E-state index contributed by atoms with van der Waals surface area (Å²) in [6.45, 7) is -1.47. The number of pyridine rings is 1. The number of H-pyrrole nitrogens is 1. The first kappa shape index (κ1) is 12.9. The van der Waals surface area contributed by atoms with E-state index < -0.39 is 40.7 Å². The van der Waals surface area contributed by atoms with E-state index in [1.165, 1.54) is 0 Å². The lowest BCUT2D eigenvalue weighted by molar-refractivity contribution is -0.391. The number of nitrogens with zero attached hydrogens (tertiary/aromatic N) is 1. The summed E-state index contributed by atoms with van der Waals surface area (Å²) >= 11 is 0. The lowest BCUT2D eigenvalue weighted by Gasteiger charge is -2.07. The molecular weight excluding hydrogens is 252 g/mol. The second-order valence-corrected chi connectivity index (χ2v) is 2.76. The van der Waals surface area contributed by atoms with E-state index in [9.17, 15) is 32.5 Å². The Morgan fingerprint density at radius 1 is 1.47 bits per heavy atom. The van der Waals surface area contributed by atoms with E-state index in [-0.39, 0.29) is 6.07 Å². The maximum absolute atomic E-state index is 12.3. The summed E-state index contributed by atoms with van der Waals surface area (Å²) in [6.07, 6.45) is -5.12. The summed E-state index contributed by atoms with van der Waals surface area (Å²) in [5.41, 5.74) is -2.12. The molecule has 0 aliphatic heterocycles. The molecule has 1 N–H and O–H groups in total. The highest BCUT2D eigenvalue weighted by Gasteiger charge is 2.34. The molecule has 0 amide bonds.